The summed E-state index contributed by atoms with van der Waals surface area (Å²) in [6.45, 7) is 0. The topological polar surface area (TPSA) is 161 Å². The Morgan fingerprint density at radius 3 is 1.90 bits per heavy atom. The van der Waals surface area contributed by atoms with Gasteiger partial charge in [-0.25, -0.2) is 0 Å². The molecule has 6 N–H and O–H groups in total. The van der Waals surface area contributed by atoms with Crippen LogP contribution in [0.4, 0.5) is 11.4 Å². The maximum absolute atomic E-state index is 11.1. The van der Waals surface area contributed by atoms with Gasteiger partial charge in [-0.05, 0) is 29.7 Å². The van der Waals surface area contributed by atoms with Crippen LogP contribution in [0, 0.1) is 0 Å². The van der Waals surface area contributed by atoms with Crippen molar-refractivity contribution in [2.24, 2.45) is 0 Å². The van der Waals surface area contributed by atoms with Crippen molar-refractivity contribution in [2.75, 3.05) is 11.5 Å². The summed E-state index contributed by atoms with van der Waals surface area (Å²) < 4.78 is 62.4. The van der Waals surface area contributed by atoms with Crippen molar-refractivity contribution in [3.8, 4) is 0 Å². The van der Waals surface area contributed by atoms with Crippen LogP contribution in [0.3, 0.4) is 0 Å². The van der Waals surface area contributed by atoms with Gasteiger partial charge in [-0.2, -0.15) is 16.8 Å². The molecule has 108 valence electrons. The predicted octanol–water partition coefficient (Wildman–Crippen LogP) is 0.498. The monoisotopic (exact) mass is 318 g/mol. The largest absolute Gasteiger partial charge is 0.398 e. The molecule has 8 nitrogen and oxygen atoms in total. The summed E-state index contributed by atoms with van der Waals surface area (Å²) in [5.74, 6) is 0. The lowest BCUT2D eigenvalue weighted by molar-refractivity contribution is 0.481. The molecule has 0 saturated carbocycles. The first-order valence-electron chi connectivity index (χ1n) is 5.08. The SMILES string of the molecule is Nc1cc2cc(S(=O)(=O)O)cc(N)c2cc1S(=O)(=O)O. The second kappa shape index (κ2) is 4.31. The van der Waals surface area contributed by atoms with Crippen molar-refractivity contribution < 1.29 is 25.9 Å². The number of nitrogens with two attached hydrogens (primary N) is 2. The van der Waals surface area contributed by atoms with E-state index in [-0.39, 0.29) is 22.1 Å². The number of fused-ring (bicyclic) bond motifs is 1. The van der Waals surface area contributed by atoms with E-state index >= 15 is 0 Å². The molecule has 0 amide bonds. The van der Waals surface area contributed by atoms with Gasteiger partial charge in [-0.3, -0.25) is 9.11 Å². The Kier molecular flexibility index (Phi) is 3.13. The first-order chi connectivity index (χ1) is 9.00. The fourth-order valence-corrected chi connectivity index (χ4v) is 2.96. The fourth-order valence-electron chi connectivity index (χ4n) is 1.78. The van der Waals surface area contributed by atoms with Crippen LogP contribution in [0.25, 0.3) is 10.8 Å². The fraction of sp³-hybridized carbons (Fsp3) is 0. The highest BCUT2D eigenvalue weighted by Gasteiger charge is 2.18. The highest BCUT2D eigenvalue weighted by atomic mass is 32.2. The normalized spacial score (nSPS) is 12.7. The van der Waals surface area contributed by atoms with Gasteiger partial charge in [0.2, 0.25) is 0 Å². The van der Waals surface area contributed by atoms with Gasteiger partial charge in [0.05, 0.1) is 10.6 Å². The molecule has 0 aliphatic heterocycles. The zero-order valence-corrected chi connectivity index (χ0v) is 11.4. The molecular formula is C10H10N2O6S2. The minimum atomic E-state index is -4.53. The molecule has 2 rings (SSSR count). The summed E-state index contributed by atoms with van der Waals surface area (Å²) in [7, 11) is -8.99. The second-order valence-corrected chi connectivity index (χ2v) is 6.89. The van der Waals surface area contributed by atoms with E-state index in [1.165, 1.54) is 0 Å². The minimum Gasteiger partial charge on any atom is -0.398 e. The van der Waals surface area contributed by atoms with Crippen LogP contribution in [0.2, 0.25) is 0 Å². The van der Waals surface area contributed by atoms with Gasteiger partial charge in [-0.1, -0.05) is 0 Å². The molecular weight excluding hydrogens is 308 g/mol. The molecule has 0 bridgehead atoms. The summed E-state index contributed by atoms with van der Waals surface area (Å²) in [6, 6.07) is 4.24. The molecule has 10 heteroatoms. The standard InChI is InChI=1S/C10H10N2O6S2/c11-8-3-6(19(13,14)15)1-5-2-9(12)10(4-7(5)8)20(16,17)18/h1-4H,11-12H2,(H,13,14,15)(H,16,17,18). The number of benzene rings is 2. The van der Waals surface area contributed by atoms with Crippen LogP contribution in [0.15, 0.2) is 34.1 Å². The predicted molar refractivity (Wildman–Crippen MR) is 72.4 cm³/mol. The average Bonchev–Trinajstić information content (AvgIpc) is 2.24. The highest BCUT2D eigenvalue weighted by molar-refractivity contribution is 7.86. The van der Waals surface area contributed by atoms with E-state index in [1.54, 1.807) is 0 Å². The van der Waals surface area contributed by atoms with Gasteiger partial charge in [-0.15, -0.1) is 0 Å². The van der Waals surface area contributed by atoms with Gasteiger partial charge >= 0.3 is 0 Å². The van der Waals surface area contributed by atoms with Crippen molar-refractivity contribution in [3.05, 3.63) is 24.3 Å². The number of anilines is 2. The first-order valence-corrected chi connectivity index (χ1v) is 7.96. The highest BCUT2D eigenvalue weighted by Crippen LogP contribution is 2.31. The number of rotatable bonds is 2. The second-order valence-electron chi connectivity index (χ2n) is 4.07. The lowest BCUT2D eigenvalue weighted by Crippen LogP contribution is -2.05. The molecule has 0 fully saturated rings. The molecule has 0 unspecified atom stereocenters. The summed E-state index contributed by atoms with van der Waals surface area (Å²) in [6.07, 6.45) is 0. The molecule has 0 saturated heterocycles. The van der Waals surface area contributed by atoms with Crippen LogP contribution in [0.5, 0.6) is 0 Å². The van der Waals surface area contributed by atoms with Gasteiger partial charge in [0, 0.05) is 11.1 Å². The average molecular weight is 318 g/mol. The Hall–Kier alpha value is -1.88. The quantitative estimate of drug-likeness (QED) is 0.459. The van der Waals surface area contributed by atoms with Gasteiger partial charge in [0.1, 0.15) is 4.90 Å². The van der Waals surface area contributed by atoms with E-state index in [1.807, 2.05) is 0 Å². The maximum Gasteiger partial charge on any atom is 0.296 e. The summed E-state index contributed by atoms with van der Waals surface area (Å²) in [5, 5.41) is 0.391. The molecule has 0 aliphatic carbocycles. The zero-order chi connectivity index (χ0) is 15.3. The Labute approximate surface area is 114 Å². The number of hydrogen-bond acceptors (Lipinski definition) is 6. The molecule has 0 heterocycles. The molecule has 2 aromatic rings. The Balaban J connectivity index is 2.90. The Morgan fingerprint density at radius 1 is 0.800 bits per heavy atom. The van der Waals surface area contributed by atoms with Crippen molar-refractivity contribution in [1.82, 2.24) is 0 Å². The third-order valence-electron chi connectivity index (χ3n) is 2.66. The van der Waals surface area contributed by atoms with Crippen molar-refractivity contribution in [1.29, 1.82) is 0 Å². The molecule has 20 heavy (non-hydrogen) atoms. The Bertz CT molecular complexity index is 918. The first kappa shape index (κ1) is 14.5. The maximum atomic E-state index is 11.1. The van der Waals surface area contributed by atoms with E-state index in [9.17, 15) is 16.8 Å². The number of hydrogen-bond donors (Lipinski definition) is 4. The van der Waals surface area contributed by atoms with E-state index < -0.39 is 30.0 Å². The molecule has 0 spiro atoms. The lowest BCUT2D eigenvalue weighted by Gasteiger charge is -2.09. The summed E-state index contributed by atoms with van der Waals surface area (Å²) in [5.41, 5.74) is 10.8. The summed E-state index contributed by atoms with van der Waals surface area (Å²) in [4.78, 5) is -0.974. The Morgan fingerprint density at radius 2 is 1.40 bits per heavy atom. The third kappa shape index (κ3) is 2.54. The van der Waals surface area contributed by atoms with Crippen LogP contribution < -0.4 is 11.5 Å². The molecule has 0 atom stereocenters. The van der Waals surface area contributed by atoms with E-state index in [2.05, 4.69) is 0 Å². The molecule has 2 aromatic carbocycles. The van der Waals surface area contributed by atoms with Crippen molar-refractivity contribution in [3.63, 3.8) is 0 Å². The molecule has 0 aromatic heterocycles. The number of nitrogen functional groups attached to an aromatic ring is 2. The van der Waals surface area contributed by atoms with E-state index in [4.69, 9.17) is 20.6 Å². The van der Waals surface area contributed by atoms with Crippen LogP contribution in [0.1, 0.15) is 0 Å². The summed E-state index contributed by atoms with van der Waals surface area (Å²) >= 11 is 0. The third-order valence-corrected chi connectivity index (χ3v) is 4.41. The van der Waals surface area contributed by atoms with Gasteiger partial charge in [0.15, 0.2) is 0 Å². The van der Waals surface area contributed by atoms with Crippen molar-refractivity contribution in [2.45, 2.75) is 9.79 Å². The zero-order valence-electron chi connectivity index (χ0n) is 9.81. The minimum absolute atomic E-state index is 0.0833. The lowest BCUT2D eigenvalue weighted by atomic mass is 10.1. The smallest absolute Gasteiger partial charge is 0.296 e. The van der Waals surface area contributed by atoms with Gasteiger partial charge in [0.25, 0.3) is 20.2 Å². The van der Waals surface area contributed by atoms with Crippen molar-refractivity contribution >= 4 is 42.4 Å². The van der Waals surface area contributed by atoms with Crippen LogP contribution in [-0.2, 0) is 20.2 Å². The van der Waals surface area contributed by atoms with Crippen LogP contribution in [-0.4, -0.2) is 25.9 Å². The molecule has 0 radical (unpaired) electrons. The van der Waals surface area contributed by atoms with E-state index in [0.29, 0.717) is 0 Å². The molecule has 0 aliphatic rings. The van der Waals surface area contributed by atoms with Gasteiger partial charge < -0.3 is 11.5 Å². The van der Waals surface area contributed by atoms with E-state index in [0.717, 1.165) is 24.3 Å². The van der Waals surface area contributed by atoms with Crippen LogP contribution >= 0.6 is 0 Å².